The third-order valence-electron chi connectivity index (χ3n) is 4.15. The van der Waals surface area contributed by atoms with E-state index in [0.717, 1.165) is 35.8 Å². The highest BCUT2D eigenvalue weighted by Crippen LogP contribution is 2.28. The quantitative estimate of drug-likeness (QED) is 0.873. The third kappa shape index (κ3) is 3.50. The molecule has 2 heterocycles. The van der Waals surface area contributed by atoms with E-state index in [0.29, 0.717) is 12.4 Å². The fourth-order valence-corrected chi connectivity index (χ4v) is 2.84. The average molecular weight is 311 g/mol. The molecule has 1 aliphatic heterocycles. The lowest BCUT2D eigenvalue weighted by Crippen LogP contribution is -2.25. The van der Waals surface area contributed by atoms with E-state index >= 15 is 0 Å². The first-order chi connectivity index (χ1) is 11.0. The van der Waals surface area contributed by atoms with Crippen LogP contribution in [0.3, 0.4) is 0 Å². The third-order valence-corrected chi connectivity index (χ3v) is 4.15. The fourth-order valence-electron chi connectivity index (χ4n) is 2.84. The molecule has 0 saturated carbocycles. The monoisotopic (exact) mass is 311 g/mol. The summed E-state index contributed by atoms with van der Waals surface area (Å²) in [6.45, 7) is 7.00. The lowest BCUT2D eigenvalue weighted by atomic mass is 10.1. The maximum Gasteiger partial charge on any atom is 0.222 e. The van der Waals surface area contributed by atoms with Gasteiger partial charge in [-0.2, -0.15) is 4.98 Å². The van der Waals surface area contributed by atoms with Crippen molar-refractivity contribution >= 4 is 5.91 Å². The van der Waals surface area contributed by atoms with Crippen LogP contribution in [0.5, 0.6) is 11.6 Å². The predicted molar refractivity (Wildman–Crippen MR) is 87.6 cm³/mol. The second-order valence-corrected chi connectivity index (χ2v) is 6.02. The van der Waals surface area contributed by atoms with Crippen LogP contribution in [-0.4, -0.2) is 33.9 Å². The minimum Gasteiger partial charge on any atom is -0.439 e. The fraction of sp³-hybridized carbons (Fsp3) is 0.389. The molecule has 0 radical (unpaired) electrons. The second-order valence-electron chi connectivity index (χ2n) is 6.02. The van der Waals surface area contributed by atoms with Crippen LogP contribution in [0.1, 0.15) is 36.3 Å². The zero-order valence-electron chi connectivity index (χ0n) is 13.7. The Balaban J connectivity index is 1.83. The summed E-state index contributed by atoms with van der Waals surface area (Å²) in [5.41, 5.74) is 1.94. The molecule has 1 aromatic carbocycles. The van der Waals surface area contributed by atoms with Gasteiger partial charge in [-0.05, 0) is 31.9 Å². The number of hydrogen-bond donors (Lipinski definition) is 0. The Morgan fingerprint density at radius 1 is 1.26 bits per heavy atom. The number of aryl methyl sites for hydroxylation is 2. The Hall–Kier alpha value is -2.43. The molecule has 0 spiro atoms. The van der Waals surface area contributed by atoms with E-state index in [1.165, 1.54) is 0 Å². The zero-order chi connectivity index (χ0) is 16.4. The Morgan fingerprint density at radius 3 is 2.74 bits per heavy atom. The molecule has 5 nitrogen and oxygen atoms in total. The van der Waals surface area contributed by atoms with Gasteiger partial charge in [0.25, 0.3) is 0 Å². The van der Waals surface area contributed by atoms with Crippen LogP contribution in [0, 0.1) is 13.8 Å². The molecule has 1 atom stereocenters. The van der Waals surface area contributed by atoms with Crippen LogP contribution in [-0.2, 0) is 4.79 Å². The molecule has 1 aromatic heterocycles. The molecular formula is C18H21N3O2. The number of amides is 1. The minimum atomic E-state index is 0.108. The summed E-state index contributed by atoms with van der Waals surface area (Å²) in [7, 11) is 0. The van der Waals surface area contributed by atoms with Gasteiger partial charge in [0.1, 0.15) is 11.6 Å². The van der Waals surface area contributed by atoms with E-state index in [1.54, 1.807) is 6.92 Å². The molecule has 0 aliphatic carbocycles. The van der Waals surface area contributed by atoms with Gasteiger partial charge in [-0.3, -0.25) is 4.79 Å². The first-order valence-corrected chi connectivity index (χ1v) is 7.87. The number of hydrogen-bond acceptors (Lipinski definition) is 4. The average Bonchev–Trinajstić information content (AvgIpc) is 2.99. The van der Waals surface area contributed by atoms with Crippen molar-refractivity contribution in [1.29, 1.82) is 0 Å². The summed E-state index contributed by atoms with van der Waals surface area (Å²) < 4.78 is 5.93. The van der Waals surface area contributed by atoms with E-state index in [-0.39, 0.29) is 11.8 Å². The van der Waals surface area contributed by atoms with Crippen molar-refractivity contribution in [2.75, 3.05) is 13.1 Å². The summed E-state index contributed by atoms with van der Waals surface area (Å²) in [6.07, 6.45) is 0.896. The normalized spacial score (nSPS) is 17.3. The molecule has 0 N–H and O–H groups in total. The second kappa shape index (κ2) is 6.36. The lowest BCUT2D eigenvalue weighted by Gasteiger charge is -2.14. The molecular weight excluding hydrogens is 290 g/mol. The Kier molecular flexibility index (Phi) is 4.28. The standard InChI is InChI=1S/C18H21N3O2/c1-12-6-4-5-7-16(12)23-17-10-13(2)19-18(20-17)15-8-9-21(11-15)14(3)22/h4-7,10,15H,8-9,11H2,1-3H3/t15-/m1/s1. The molecule has 5 heteroatoms. The van der Waals surface area contributed by atoms with Gasteiger partial charge in [0.05, 0.1) is 0 Å². The van der Waals surface area contributed by atoms with Crippen LogP contribution in [0.25, 0.3) is 0 Å². The van der Waals surface area contributed by atoms with Crippen molar-refractivity contribution in [3.8, 4) is 11.6 Å². The molecule has 1 amide bonds. The van der Waals surface area contributed by atoms with Crippen molar-refractivity contribution in [2.45, 2.75) is 33.1 Å². The summed E-state index contributed by atoms with van der Waals surface area (Å²) in [4.78, 5) is 22.5. The number of aromatic nitrogens is 2. The van der Waals surface area contributed by atoms with Gasteiger partial charge in [-0.1, -0.05) is 18.2 Å². The highest BCUT2D eigenvalue weighted by molar-refractivity contribution is 5.73. The topological polar surface area (TPSA) is 55.3 Å². The zero-order valence-corrected chi connectivity index (χ0v) is 13.7. The molecule has 0 bridgehead atoms. The van der Waals surface area contributed by atoms with E-state index in [2.05, 4.69) is 9.97 Å². The van der Waals surface area contributed by atoms with Crippen molar-refractivity contribution < 1.29 is 9.53 Å². The largest absolute Gasteiger partial charge is 0.439 e. The molecule has 2 aromatic rings. The van der Waals surface area contributed by atoms with Gasteiger partial charge in [-0.25, -0.2) is 4.98 Å². The maximum absolute atomic E-state index is 11.5. The summed E-state index contributed by atoms with van der Waals surface area (Å²) >= 11 is 0. The van der Waals surface area contributed by atoms with Gasteiger partial charge in [0.2, 0.25) is 11.8 Å². The molecule has 0 unspecified atom stereocenters. The van der Waals surface area contributed by atoms with Gasteiger partial charge >= 0.3 is 0 Å². The molecule has 3 rings (SSSR count). The predicted octanol–water partition coefficient (Wildman–Crippen LogP) is 3.22. The molecule has 1 saturated heterocycles. The summed E-state index contributed by atoms with van der Waals surface area (Å²) in [6, 6.07) is 9.70. The number of benzene rings is 1. The highest BCUT2D eigenvalue weighted by Gasteiger charge is 2.28. The summed E-state index contributed by atoms with van der Waals surface area (Å²) in [5.74, 6) is 2.41. The number of para-hydroxylation sites is 1. The molecule has 120 valence electrons. The van der Waals surface area contributed by atoms with E-state index in [1.807, 2.05) is 49.1 Å². The number of carbonyl (C=O) groups is 1. The molecule has 23 heavy (non-hydrogen) atoms. The van der Waals surface area contributed by atoms with Crippen LogP contribution < -0.4 is 4.74 Å². The Bertz CT molecular complexity index is 730. The summed E-state index contributed by atoms with van der Waals surface area (Å²) in [5, 5.41) is 0. The van der Waals surface area contributed by atoms with Crippen molar-refractivity contribution in [2.24, 2.45) is 0 Å². The van der Waals surface area contributed by atoms with Crippen LogP contribution >= 0.6 is 0 Å². The van der Waals surface area contributed by atoms with Crippen LogP contribution in [0.2, 0.25) is 0 Å². The Labute approximate surface area is 136 Å². The first-order valence-electron chi connectivity index (χ1n) is 7.87. The van der Waals surface area contributed by atoms with E-state index < -0.39 is 0 Å². The van der Waals surface area contributed by atoms with E-state index in [4.69, 9.17) is 4.74 Å². The van der Waals surface area contributed by atoms with Gasteiger partial charge < -0.3 is 9.64 Å². The number of ether oxygens (including phenoxy) is 1. The highest BCUT2D eigenvalue weighted by atomic mass is 16.5. The number of carbonyl (C=O) groups excluding carboxylic acids is 1. The molecule has 1 aliphatic rings. The lowest BCUT2D eigenvalue weighted by molar-refractivity contribution is -0.127. The van der Waals surface area contributed by atoms with E-state index in [9.17, 15) is 4.79 Å². The number of likely N-dealkylation sites (tertiary alicyclic amines) is 1. The molecule has 1 fully saturated rings. The number of rotatable bonds is 3. The van der Waals surface area contributed by atoms with Gasteiger partial charge in [-0.15, -0.1) is 0 Å². The first kappa shape index (κ1) is 15.5. The van der Waals surface area contributed by atoms with Gasteiger partial charge in [0, 0.05) is 37.7 Å². The van der Waals surface area contributed by atoms with Crippen molar-refractivity contribution in [3.05, 3.63) is 47.4 Å². The van der Waals surface area contributed by atoms with Crippen LogP contribution in [0.4, 0.5) is 0 Å². The van der Waals surface area contributed by atoms with Crippen LogP contribution in [0.15, 0.2) is 30.3 Å². The SMILES string of the molecule is CC(=O)N1CC[C@@H](c2nc(C)cc(Oc3ccccc3C)n2)C1. The minimum absolute atomic E-state index is 0.108. The van der Waals surface area contributed by atoms with Crippen molar-refractivity contribution in [1.82, 2.24) is 14.9 Å². The Morgan fingerprint density at radius 2 is 2.04 bits per heavy atom. The maximum atomic E-state index is 11.5. The number of nitrogens with zero attached hydrogens (tertiary/aromatic N) is 3. The van der Waals surface area contributed by atoms with Gasteiger partial charge in [0.15, 0.2) is 0 Å². The van der Waals surface area contributed by atoms with Crippen molar-refractivity contribution in [3.63, 3.8) is 0 Å². The smallest absolute Gasteiger partial charge is 0.222 e.